The molecule has 0 atom stereocenters. The lowest BCUT2D eigenvalue weighted by Crippen LogP contribution is -2.50. The lowest BCUT2D eigenvalue weighted by molar-refractivity contribution is 0.391. The van der Waals surface area contributed by atoms with Crippen LogP contribution in [0.25, 0.3) is 0 Å². The van der Waals surface area contributed by atoms with E-state index in [1.165, 1.54) is 5.69 Å². The molecule has 0 amide bonds. The van der Waals surface area contributed by atoms with Gasteiger partial charge in [0.1, 0.15) is 11.5 Å². The molecule has 0 aromatic heterocycles. The van der Waals surface area contributed by atoms with Gasteiger partial charge >= 0.3 is 0 Å². The molecule has 3 aromatic rings. The van der Waals surface area contributed by atoms with Crippen molar-refractivity contribution in [1.29, 1.82) is 0 Å². The van der Waals surface area contributed by atoms with Crippen LogP contribution >= 0.6 is 23.8 Å². The van der Waals surface area contributed by atoms with E-state index in [9.17, 15) is 0 Å². The summed E-state index contributed by atoms with van der Waals surface area (Å²) in [7, 11) is 0. The molecular weight excluding hydrogens is 402 g/mol. The highest BCUT2D eigenvalue weighted by atomic mass is 35.5. The van der Waals surface area contributed by atoms with Crippen molar-refractivity contribution in [3.05, 3.63) is 83.9 Å². The number of hydrogen-bond acceptors (Lipinski definition) is 3. The molecule has 1 fully saturated rings. The Morgan fingerprint density at radius 3 is 2.07 bits per heavy atom. The smallest absolute Gasteiger partial charge is 0.173 e. The number of nitrogens with one attached hydrogen (secondary N) is 1. The molecule has 0 unspecified atom stereocenters. The Morgan fingerprint density at radius 1 is 0.793 bits per heavy atom. The van der Waals surface area contributed by atoms with Gasteiger partial charge in [0.2, 0.25) is 0 Å². The zero-order valence-electron chi connectivity index (χ0n) is 15.9. The van der Waals surface area contributed by atoms with Crippen LogP contribution < -0.4 is 15.0 Å². The molecule has 0 spiro atoms. The second-order valence-electron chi connectivity index (χ2n) is 6.82. The number of rotatable bonds is 4. The van der Waals surface area contributed by atoms with Crippen molar-refractivity contribution in [2.24, 2.45) is 0 Å². The van der Waals surface area contributed by atoms with E-state index in [-0.39, 0.29) is 0 Å². The first kappa shape index (κ1) is 19.6. The van der Waals surface area contributed by atoms with Crippen LogP contribution in [0.1, 0.15) is 0 Å². The van der Waals surface area contributed by atoms with E-state index in [1.54, 1.807) is 0 Å². The van der Waals surface area contributed by atoms with Gasteiger partial charge in [-0.25, -0.2) is 0 Å². The van der Waals surface area contributed by atoms with Crippen LogP contribution in [0.5, 0.6) is 11.5 Å². The molecule has 1 aliphatic heterocycles. The summed E-state index contributed by atoms with van der Waals surface area (Å²) in [5, 5.41) is 4.84. The Hall–Kier alpha value is -2.76. The average Bonchev–Trinajstić information content (AvgIpc) is 2.76. The highest BCUT2D eigenvalue weighted by Crippen LogP contribution is 2.23. The quantitative estimate of drug-likeness (QED) is 0.547. The summed E-state index contributed by atoms with van der Waals surface area (Å²) < 4.78 is 5.83. The molecule has 6 heteroatoms. The van der Waals surface area contributed by atoms with Crippen LogP contribution in [0.4, 0.5) is 11.4 Å². The van der Waals surface area contributed by atoms with Gasteiger partial charge in [-0.15, -0.1) is 0 Å². The molecule has 0 bridgehead atoms. The van der Waals surface area contributed by atoms with Gasteiger partial charge in [0, 0.05) is 42.6 Å². The second kappa shape index (κ2) is 9.16. The van der Waals surface area contributed by atoms with Gasteiger partial charge in [0.25, 0.3) is 0 Å². The van der Waals surface area contributed by atoms with Gasteiger partial charge in [0.05, 0.1) is 0 Å². The first-order chi connectivity index (χ1) is 14.2. The highest BCUT2D eigenvalue weighted by molar-refractivity contribution is 7.80. The summed E-state index contributed by atoms with van der Waals surface area (Å²) >= 11 is 11.6. The minimum Gasteiger partial charge on any atom is -0.457 e. The Bertz CT molecular complexity index is 940. The van der Waals surface area contributed by atoms with Crippen molar-refractivity contribution < 1.29 is 4.74 Å². The summed E-state index contributed by atoms with van der Waals surface area (Å²) in [5.74, 6) is 1.62. The van der Waals surface area contributed by atoms with Crippen molar-refractivity contribution >= 4 is 40.3 Å². The van der Waals surface area contributed by atoms with Crippen LogP contribution in [-0.2, 0) is 0 Å². The van der Waals surface area contributed by atoms with E-state index in [1.807, 2.05) is 66.7 Å². The molecule has 4 nitrogen and oxygen atoms in total. The minimum atomic E-state index is 0.748. The molecule has 0 radical (unpaired) electrons. The van der Waals surface area contributed by atoms with Crippen LogP contribution in [0.3, 0.4) is 0 Å². The van der Waals surface area contributed by atoms with E-state index in [2.05, 4.69) is 27.2 Å². The van der Waals surface area contributed by atoms with E-state index in [0.717, 1.165) is 53.5 Å². The molecule has 1 heterocycles. The van der Waals surface area contributed by atoms with E-state index in [4.69, 9.17) is 28.6 Å². The summed E-state index contributed by atoms with van der Waals surface area (Å²) in [6, 6.07) is 25.6. The Morgan fingerprint density at radius 2 is 1.41 bits per heavy atom. The molecule has 4 rings (SSSR count). The lowest BCUT2D eigenvalue weighted by Gasteiger charge is -2.37. The number of anilines is 2. The molecule has 148 valence electrons. The van der Waals surface area contributed by atoms with Crippen molar-refractivity contribution in [3.63, 3.8) is 0 Å². The van der Waals surface area contributed by atoms with E-state index in [0.29, 0.717) is 0 Å². The Kier molecular flexibility index (Phi) is 6.17. The van der Waals surface area contributed by atoms with Crippen molar-refractivity contribution in [2.45, 2.75) is 0 Å². The first-order valence-electron chi connectivity index (χ1n) is 9.57. The van der Waals surface area contributed by atoms with Crippen molar-refractivity contribution in [2.75, 3.05) is 36.4 Å². The van der Waals surface area contributed by atoms with E-state index < -0.39 is 0 Å². The monoisotopic (exact) mass is 423 g/mol. The normalized spacial score (nSPS) is 13.8. The van der Waals surface area contributed by atoms with E-state index >= 15 is 0 Å². The number of para-hydroxylation sites is 1. The highest BCUT2D eigenvalue weighted by Gasteiger charge is 2.19. The maximum absolute atomic E-state index is 5.98. The predicted molar refractivity (Wildman–Crippen MR) is 124 cm³/mol. The maximum Gasteiger partial charge on any atom is 0.173 e. The van der Waals surface area contributed by atoms with Crippen LogP contribution in [0, 0.1) is 0 Å². The molecule has 1 saturated heterocycles. The fraction of sp³-hybridized carbons (Fsp3) is 0.174. The number of piperazine rings is 1. The lowest BCUT2D eigenvalue weighted by atomic mass is 10.2. The third-order valence-corrected chi connectivity index (χ3v) is 5.46. The van der Waals surface area contributed by atoms with Crippen molar-refractivity contribution in [3.8, 4) is 11.5 Å². The average molecular weight is 424 g/mol. The second-order valence-corrected chi connectivity index (χ2v) is 7.64. The zero-order valence-corrected chi connectivity index (χ0v) is 17.5. The summed E-state index contributed by atoms with van der Waals surface area (Å²) in [4.78, 5) is 4.56. The maximum atomic E-state index is 5.98. The van der Waals surface area contributed by atoms with Crippen LogP contribution in [-0.4, -0.2) is 36.2 Å². The number of thiocarbonyl (C=S) groups is 1. The third-order valence-electron chi connectivity index (χ3n) is 4.84. The summed E-state index contributed by atoms with van der Waals surface area (Å²) in [6.07, 6.45) is 0. The number of benzene rings is 3. The molecule has 1 aliphatic rings. The number of halogens is 1. The number of ether oxygens (including phenoxy) is 1. The first-order valence-corrected chi connectivity index (χ1v) is 10.4. The largest absolute Gasteiger partial charge is 0.457 e. The minimum absolute atomic E-state index is 0.748. The van der Waals surface area contributed by atoms with Crippen LogP contribution in [0.15, 0.2) is 78.9 Å². The molecule has 1 N–H and O–H groups in total. The van der Waals surface area contributed by atoms with Gasteiger partial charge in [-0.2, -0.15) is 0 Å². The van der Waals surface area contributed by atoms with Gasteiger partial charge in [-0.1, -0.05) is 29.8 Å². The molecular formula is C23H22ClN3OS. The molecule has 0 saturated carbocycles. The number of hydrogen-bond donors (Lipinski definition) is 1. The SMILES string of the molecule is S=C(Nc1ccc(Oc2ccccc2)cc1)N1CCN(c2ccc(Cl)cc2)CC1. The molecule has 29 heavy (non-hydrogen) atoms. The third kappa shape index (κ3) is 5.19. The number of nitrogens with zero attached hydrogens (tertiary/aromatic N) is 2. The van der Waals surface area contributed by atoms with Gasteiger partial charge in [-0.3, -0.25) is 0 Å². The summed E-state index contributed by atoms with van der Waals surface area (Å²) in [5.41, 5.74) is 2.15. The predicted octanol–water partition coefficient (Wildman–Crippen LogP) is 5.65. The Balaban J connectivity index is 1.29. The Labute approximate surface area is 181 Å². The fourth-order valence-corrected chi connectivity index (χ4v) is 3.68. The summed E-state index contributed by atoms with van der Waals surface area (Å²) in [6.45, 7) is 3.61. The molecule has 0 aliphatic carbocycles. The van der Waals surface area contributed by atoms with Gasteiger partial charge < -0.3 is 19.9 Å². The topological polar surface area (TPSA) is 27.7 Å². The molecule has 3 aromatic carbocycles. The van der Waals surface area contributed by atoms with Gasteiger partial charge in [-0.05, 0) is 72.9 Å². The van der Waals surface area contributed by atoms with Crippen LogP contribution in [0.2, 0.25) is 5.02 Å². The van der Waals surface area contributed by atoms with Gasteiger partial charge in [0.15, 0.2) is 5.11 Å². The fourth-order valence-electron chi connectivity index (χ4n) is 3.25. The van der Waals surface area contributed by atoms with Crippen molar-refractivity contribution in [1.82, 2.24) is 4.90 Å². The zero-order chi connectivity index (χ0) is 20.1. The standard InChI is InChI=1S/C23H22ClN3OS/c24-18-6-10-20(11-7-18)26-14-16-27(17-15-26)23(29)25-19-8-12-22(13-9-19)28-21-4-2-1-3-5-21/h1-13H,14-17H2,(H,25,29).